The first-order valence-electron chi connectivity index (χ1n) is 18.5. The van der Waals surface area contributed by atoms with Crippen LogP contribution in [0.15, 0.2) is 35.7 Å². The Morgan fingerprint density at radius 3 is 2.64 bits per heavy atom. The number of aryl methyl sites for hydroxylation is 1. The number of carbonyl (C=O) groups is 3. The molecule has 2 saturated carbocycles. The standard InChI is InChI=1S/C38H47N5O8S2/c1-21(2)28-20-52-35(40-28)27-17-32(26-14-15-31(50-4)22(3)33(26)39-27)51-24-16-29-34(45)41-38(37(47)42-53(48,49)25-12-13-25)18-23(38)10-8-6-5-7-9-11-30(44)36(46)43(29)19-24/h8,10,14-15,17,20-21,23-25,29-30,44H,5-7,9,11-13,16,18-19H2,1-4H3,(H,41,45)(H,42,47)/b10-8-/t23-,24-,29+,30?,38-/m1/s1. The van der Waals surface area contributed by atoms with Crippen molar-refractivity contribution in [1.82, 2.24) is 24.9 Å². The molecule has 284 valence electrons. The molecule has 3 N–H and O–H groups in total. The molecule has 15 heteroatoms. The Kier molecular flexibility index (Phi) is 10.3. The van der Waals surface area contributed by atoms with Crippen molar-refractivity contribution >= 4 is 50.0 Å². The number of hydrogen-bond donors (Lipinski definition) is 3. The molecule has 1 unspecified atom stereocenters. The molecule has 5 atom stereocenters. The third-order valence-electron chi connectivity index (χ3n) is 10.8. The van der Waals surface area contributed by atoms with E-state index in [9.17, 15) is 27.9 Å². The van der Waals surface area contributed by atoms with Gasteiger partial charge in [0.1, 0.15) is 46.0 Å². The maximum absolute atomic E-state index is 14.2. The van der Waals surface area contributed by atoms with Gasteiger partial charge in [0, 0.05) is 34.7 Å². The summed E-state index contributed by atoms with van der Waals surface area (Å²) in [4.78, 5) is 52.9. The zero-order valence-corrected chi connectivity index (χ0v) is 32.1. The second-order valence-electron chi connectivity index (χ2n) is 15.0. The lowest BCUT2D eigenvalue weighted by molar-refractivity contribution is -0.146. The number of ether oxygens (including phenoxy) is 2. The van der Waals surface area contributed by atoms with Crippen LogP contribution in [0, 0.1) is 12.8 Å². The number of methoxy groups -OCH3 is 1. The van der Waals surface area contributed by atoms with Gasteiger partial charge in [0.2, 0.25) is 15.9 Å². The number of amides is 3. The van der Waals surface area contributed by atoms with E-state index in [1.807, 2.05) is 42.7 Å². The quantitative estimate of drug-likeness (QED) is 0.277. The maximum atomic E-state index is 14.2. The van der Waals surface area contributed by atoms with E-state index in [1.54, 1.807) is 7.11 Å². The van der Waals surface area contributed by atoms with Gasteiger partial charge in [0.05, 0.1) is 30.1 Å². The summed E-state index contributed by atoms with van der Waals surface area (Å²) < 4.78 is 40.1. The van der Waals surface area contributed by atoms with Crippen LogP contribution in [0.3, 0.4) is 0 Å². The molecule has 2 aliphatic carbocycles. The number of aromatic nitrogens is 2. The summed E-state index contributed by atoms with van der Waals surface area (Å²) in [5, 5.41) is 16.7. The molecule has 0 bridgehead atoms. The molecule has 53 heavy (non-hydrogen) atoms. The van der Waals surface area contributed by atoms with Crippen molar-refractivity contribution in [3.05, 3.63) is 47.0 Å². The van der Waals surface area contributed by atoms with Gasteiger partial charge in [-0.25, -0.2) is 18.4 Å². The van der Waals surface area contributed by atoms with Crippen LogP contribution in [-0.4, -0.2) is 88.8 Å². The fraction of sp³-hybridized carbons (Fsp3) is 0.553. The zero-order chi connectivity index (χ0) is 37.7. The third-order valence-corrected chi connectivity index (χ3v) is 13.5. The van der Waals surface area contributed by atoms with Crippen LogP contribution in [0.1, 0.15) is 88.8 Å². The fourth-order valence-corrected chi connectivity index (χ4v) is 9.65. The SMILES string of the molecule is COc1ccc2c(O[C@@H]3C[C@H]4C(=O)N[C@]5(C(=O)NS(=O)(=O)C6CC6)C[C@H]5/C=C\CCCCCC(O)C(=O)N4C3)cc(-c3nc(C(C)C)cs3)nc2c1C. The molecular formula is C38H47N5O8S2. The molecule has 2 aromatic heterocycles. The molecule has 1 saturated heterocycles. The van der Waals surface area contributed by atoms with E-state index in [2.05, 4.69) is 23.9 Å². The van der Waals surface area contributed by atoms with Gasteiger partial charge >= 0.3 is 0 Å². The second kappa shape index (κ2) is 14.6. The summed E-state index contributed by atoms with van der Waals surface area (Å²) in [6.45, 7) is 6.08. The number of thiazole rings is 1. The molecule has 13 nitrogen and oxygen atoms in total. The Morgan fingerprint density at radius 2 is 1.92 bits per heavy atom. The summed E-state index contributed by atoms with van der Waals surface area (Å²) in [5.74, 6) is -0.984. The number of benzene rings is 1. The lowest BCUT2D eigenvalue weighted by Crippen LogP contribution is -2.57. The number of nitrogens with one attached hydrogen (secondary N) is 2. The van der Waals surface area contributed by atoms with E-state index in [4.69, 9.17) is 19.4 Å². The molecule has 4 heterocycles. The highest BCUT2D eigenvalue weighted by Crippen LogP contribution is 2.46. The van der Waals surface area contributed by atoms with Crippen molar-refractivity contribution in [3.63, 3.8) is 0 Å². The lowest BCUT2D eigenvalue weighted by Gasteiger charge is -2.28. The Hall–Kier alpha value is -4.08. The minimum absolute atomic E-state index is 0.00953. The molecule has 0 radical (unpaired) electrons. The summed E-state index contributed by atoms with van der Waals surface area (Å²) in [6.07, 6.45) is 6.32. The summed E-state index contributed by atoms with van der Waals surface area (Å²) in [6, 6.07) is 4.45. The molecule has 2 aliphatic heterocycles. The molecule has 4 aliphatic rings. The minimum atomic E-state index is -3.87. The van der Waals surface area contributed by atoms with Gasteiger partial charge in [-0.2, -0.15) is 0 Å². The minimum Gasteiger partial charge on any atom is -0.496 e. The fourth-order valence-electron chi connectivity index (χ4n) is 7.35. The number of sulfonamides is 1. The van der Waals surface area contributed by atoms with Crippen LogP contribution in [0.25, 0.3) is 21.6 Å². The molecule has 3 amide bonds. The predicted octanol–water partition coefficient (Wildman–Crippen LogP) is 4.51. The van der Waals surface area contributed by atoms with Crippen LogP contribution in [0.5, 0.6) is 11.5 Å². The van der Waals surface area contributed by atoms with Crippen LogP contribution in [-0.2, 0) is 24.4 Å². The van der Waals surface area contributed by atoms with Crippen molar-refractivity contribution in [2.75, 3.05) is 13.7 Å². The zero-order valence-electron chi connectivity index (χ0n) is 30.5. The summed E-state index contributed by atoms with van der Waals surface area (Å²) in [7, 11) is -2.27. The first-order valence-corrected chi connectivity index (χ1v) is 20.9. The average Bonchev–Trinajstić information content (AvgIpc) is 4.00. The number of aliphatic hydroxyl groups is 1. The predicted molar refractivity (Wildman–Crippen MR) is 200 cm³/mol. The molecule has 3 fully saturated rings. The van der Waals surface area contributed by atoms with E-state index < -0.39 is 62.7 Å². The average molecular weight is 766 g/mol. The normalized spacial score (nSPS) is 27.3. The number of nitrogens with zero attached hydrogens (tertiary/aromatic N) is 3. The van der Waals surface area contributed by atoms with Gasteiger partial charge in [0.25, 0.3) is 11.8 Å². The number of hydrogen-bond acceptors (Lipinski definition) is 11. The van der Waals surface area contributed by atoms with Gasteiger partial charge in [-0.05, 0) is 63.5 Å². The van der Waals surface area contributed by atoms with Crippen LogP contribution in [0.2, 0.25) is 0 Å². The molecular weight excluding hydrogens is 719 g/mol. The number of fused-ring (bicyclic) bond motifs is 3. The van der Waals surface area contributed by atoms with Crippen molar-refractivity contribution in [1.29, 1.82) is 0 Å². The highest BCUT2D eigenvalue weighted by atomic mass is 32.2. The number of aliphatic hydroxyl groups excluding tert-OH is 1. The Labute approximate surface area is 313 Å². The van der Waals surface area contributed by atoms with Crippen molar-refractivity contribution < 1.29 is 37.4 Å². The smallest absolute Gasteiger partial charge is 0.259 e. The first-order chi connectivity index (χ1) is 25.3. The number of pyridine rings is 1. The van der Waals surface area contributed by atoms with Crippen molar-refractivity contribution in [2.24, 2.45) is 5.92 Å². The lowest BCUT2D eigenvalue weighted by atomic mass is 10.1. The monoisotopic (exact) mass is 765 g/mol. The van der Waals surface area contributed by atoms with Gasteiger partial charge in [-0.1, -0.05) is 38.8 Å². The topological polar surface area (TPSA) is 177 Å². The molecule has 0 spiro atoms. The van der Waals surface area contributed by atoms with Gasteiger partial charge in [0.15, 0.2) is 0 Å². The van der Waals surface area contributed by atoms with E-state index in [0.29, 0.717) is 47.4 Å². The Balaban J connectivity index is 1.21. The van der Waals surface area contributed by atoms with Crippen LogP contribution in [0.4, 0.5) is 0 Å². The molecule has 7 rings (SSSR count). The van der Waals surface area contributed by atoms with Crippen LogP contribution >= 0.6 is 11.3 Å². The Morgan fingerprint density at radius 1 is 1.13 bits per heavy atom. The summed E-state index contributed by atoms with van der Waals surface area (Å²) >= 11 is 1.49. The number of carbonyl (C=O) groups excluding carboxylic acids is 3. The van der Waals surface area contributed by atoms with E-state index in [-0.39, 0.29) is 31.7 Å². The van der Waals surface area contributed by atoms with E-state index >= 15 is 0 Å². The van der Waals surface area contributed by atoms with E-state index in [0.717, 1.165) is 35.5 Å². The molecule has 1 aromatic carbocycles. The third kappa shape index (κ3) is 7.52. The van der Waals surface area contributed by atoms with Crippen LogP contribution < -0.4 is 19.5 Å². The highest BCUT2D eigenvalue weighted by Gasteiger charge is 2.62. The molecule has 3 aromatic rings. The summed E-state index contributed by atoms with van der Waals surface area (Å²) in [5.41, 5.74) is 1.56. The maximum Gasteiger partial charge on any atom is 0.259 e. The van der Waals surface area contributed by atoms with Gasteiger partial charge < -0.3 is 24.8 Å². The van der Waals surface area contributed by atoms with Crippen molar-refractivity contribution in [2.45, 2.75) is 114 Å². The van der Waals surface area contributed by atoms with Gasteiger partial charge in [-0.15, -0.1) is 11.3 Å². The second-order valence-corrected chi connectivity index (χ2v) is 17.9. The number of rotatable bonds is 8. The first kappa shape index (κ1) is 37.2. The number of allylic oxidation sites excluding steroid dienone is 1. The van der Waals surface area contributed by atoms with Crippen molar-refractivity contribution in [3.8, 4) is 22.2 Å². The largest absolute Gasteiger partial charge is 0.496 e. The van der Waals surface area contributed by atoms with E-state index in [1.165, 1.54) is 16.2 Å². The van der Waals surface area contributed by atoms with Gasteiger partial charge in [-0.3, -0.25) is 19.1 Å². The Bertz CT molecular complexity index is 2060. The highest BCUT2D eigenvalue weighted by molar-refractivity contribution is 7.91.